The van der Waals surface area contributed by atoms with Crippen LogP contribution in [0.25, 0.3) is 10.2 Å². The molecule has 0 aliphatic heterocycles. The van der Waals surface area contributed by atoms with Gasteiger partial charge in [0.2, 0.25) is 5.28 Å². The Balaban J connectivity index is 1.73. The molecule has 0 aromatic carbocycles. The largest absolute Gasteiger partial charge is 0.369 e. The molecule has 98 valence electrons. The third kappa shape index (κ3) is 3.00. The third-order valence-electron chi connectivity index (χ3n) is 2.59. The average Bonchev–Trinajstić information content (AvgIpc) is 2.98. The quantitative estimate of drug-likeness (QED) is 0.704. The standard InChI is InChI=1S/C12H9Cl2N3S2/c13-9-2-1-7(19-9)3-5-15-10-8-4-6-18-11(8)17-12(14)16-10/h1-2,4,6H,3,5H2,(H,15,16,17). The maximum absolute atomic E-state index is 5.91. The molecule has 19 heavy (non-hydrogen) atoms. The fraction of sp³-hybridized carbons (Fsp3) is 0.167. The van der Waals surface area contributed by atoms with Gasteiger partial charge in [0.05, 0.1) is 9.72 Å². The second kappa shape index (κ2) is 5.63. The van der Waals surface area contributed by atoms with Crippen LogP contribution in [0.2, 0.25) is 9.62 Å². The van der Waals surface area contributed by atoms with Gasteiger partial charge in [0.25, 0.3) is 0 Å². The van der Waals surface area contributed by atoms with Gasteiger partial charge in [-0.2, -0.15) is 0 Å². The maximum atomic E-state index is 5.91. The van der Waals surface area contributed by atoms with Gasteiger partial charge < -0.3 is 5.32 Å². The zero-order valence-corrected chi connectivity index (χ0v) is 12.8. The SMILES string of the molecule is Clc1nc(NCCc2ccc(Cl)s2)c2ccsc2n1. The molecule has 0 amide bonds. The van der Waals surface area contributed by atoms with E-state index < -0.39 is 0 Å². The number of halogens is 2. The van der Waals surface area contributed by atoms with Crippen molar-refractivity contribution >= 4 is 61.9 Å². The van der Waals surface area contributed by atoms with Crippen molar-refractivity contribution in [2.24, 2.45) is 0 Å². The number of thiophene rings is 2. The first kappa shape index (κ1) is 13.1. The van der Waals surface area contributed by atoms with Crippen LogP contribution >= 0.6 is 45.9 Å². The lowest BCUT2D eigenvalue weighted by Gasteiger charge is -2.06. The molecule has 0 bridgehead atoms. The Labute approximate surface area is 128 Å². The fourth-order valence-corrected chi connectivity index (χ4v) is 3.82. The molecule has 0 fully saturated rings. The average molecular weight is 330 g/mol. The highest BCUT2D eigenvalue weighted by Gasteiger charge is 2.07. The molecule has 7 heteroatoms. The van der Waals surface area contributed by atoms with Gasteiger partial charge in [-0.25, -0.2) is 9.97 Å². The van der Waals surface area contributed by atoms with Gasteiger partial charge in [-0.05, 0) is 41.6 Å². The zero-order chi connectivity index (χ0) is 13.2. The second-order valence-electron chi connectivity index (χ2n) is 3.86. The summed E-state index contributed by atoms with van der Waals surface area (Å²) in [6.07, 6.45) is 0.907. The van der Waals surface area contributed by atoms with Crippen LogP contribution in [0.4, 0.5) is 5.82 Å². The van der Waals surface area contributed by atoms with Crippen LogP contribution in [0.5, 0.6) is 0 Å². The van der Waals surface area contributed by atoms with Gasteiger partial charge in [-0.1, -0.05) is 11.6 Å². The number of rotatable bonds is 4. The highest BCUT2D eigenvalue weighted by molar-refractivity contribution is 7.17. The summed E-state index contributed by atoms with van der Waals surface area (Å²) >= 11 is 15.0. The van der Waals surface area contributed by atoms with Crippen molar-refractivity contribution in [3.63, 3.8) is 0 Å². The Morgan fingerprint density at radius 2 is 2.05 bits per heavy atom. The molecular weight excluding hydrogens is 321 g/mol. The summed E-state index contributed by atoms with van der Waals surface area (Å²) in [5.74, 6) is 0.791. The first-order chi connectivity index (χ1) is 9.22. The van der Waals surface area contributed by atoms with E-state index in [1.807, 2.05) is 23.6 Å². The van der Waals surface area contributed by atoms with Gasteiger partial charge in [0.15, 0.2) is 0 Å². The summed E-state index contributed by atoms with van der Waals surface area (Å²) in [4.78, 5) is 10.6. The number of fused-ring (bicyclic) bond motifs is 1. The van der Waals surface area contributed by atoms with Gasteiger partial charge in [0, 0.05) is 11.4 Å². The van der Waals surface area contributed by atoms with E-state index in [9.17, 15) is 0 Å². The molecule has 0 unspecified atom stereocenters. The van der Waals surface area contributed by atoms with Crippen molar-refractivity contribution in [3.05, 3.63) is 38.1 Å². The summed E-state index contributed by atoms with van der Waals surface area (Å²) in [5.41, 5.74) is 0. The van der Waals surface area contributed by atoms with E-state index in [-0.39, 0.29) is 5.28 Å². The van der Waals surface area contributed by atoms with Crippen LogP contribution in [0.3, 0.4) is 0 Å². The predicted molar refractivity (Wildman–Crippen MR) is 83.9 cm³/mol. The number of hydrogen-bond donors (Lipinski definition) is 1. The monoisotopic (exact) mass is 329 g/mol. The summed E-state index contributed by atoms with van der Waals surface area (Å²) in [6.45, 7) is 0.787. The molecule has 3 rings (SSSR count). The van der Waals surface area contributed by atoms with Crippen LogP contribution in [-0.2, 0) is 6.42 Å². The van der Waals surface area contributed by atoms with Crippen molar-refractivity contribution < 1.29 is 0 Å². The molecule has 3 aromatic heterocycles. The lowest BCUT2D eigenvalue weighted by molar-refractivity contribution is 1.03. The lowest BCUT2D eigenvalue weighted by Crippen LogP contribution is -2.06. The Kier molecular flexibility index (Phi) is 3.88. The van der Waals surface area contributed by atoms with Gasteiger partial charge in [0.1, 0.15) is 10.6 Å². The molecule has 0 saturated heterocycles. The van der Waals surface area contributed by atoms with E-state index in [2.05, 4.69) is 15.3 Å². The molecule has 3 heterocycles. The number of nitrogens with one attached hydrogen (secondary N) is 1. The minimum atomic E-state index is 0.275. The maximum Gasteiger partial charge on any atom is 0.225 e. The molecule has 0 aliphatic rings. The summed E-state index contributed by atoms with van der Waals surface area (Å²) < 4.78 is 0.820. The summed E-state index contributed by atoms with van der Waals surface area (Å²) in [6, 6.07) is 5.96. The Morgan fingerprint density at radius 3 is 2.84 bits per heavy atom. The smallest absolute Gasteiger partial charge is 0.225 e. The summed E-state index contributed by atoms with van der Waals surface area (Å²) in [5, 5.41) is 6.58. The normalized spacial score (nSPS) is 11.1. The number of hydrogen-bond acceptors (Lipinski definition) is 5. The fourth-order valence-electron chi connectivity index (χ4n) is 1.75. The van der Waals surface area contributed by atoms with E-state index >= 15 is 0 Å². The summed E-state index contributed by atoms with van der Waals surface area (Å²) in [7, 11) is 0. The first-order valence-corrected chi connectivity index (χ1v) is 8.06. The number of aromatic nitrogens is 2. The Hall–Kier alpha value is -0.880. The molecule has 0 saturated carbocycles. The molecule has 1 N–H and O–H groups in total. The van der Waals surface area contributed by atoms with E-state index in [0.29, 0.717) is 0 Å². The van der Waals surface area contributed by atoms with Gasteiger partial charge in [-0.15, -0.1) is 22.7 Å². The van der Waals surface area contributed by atoms with Crippen molar-refractivity contribution in [1.82, 2.24) is 9.97 Å². The van der Waals surface area contributed by atoms with Crippen molar-refractivity contribution in [3.8, 4) is 0 Å². The zero-order valence-electron chi connectivity index (χ0n) is 9.69. The van der Waals surface area contributed by atoms with E-state index in [1.165, 1.54) is 4.88 Å². The Bertz CT molecular complexity index is 708. The first-order valence-electron chi connectivity index (χ1n) is 5.61. The minimum Gasteiger partial charge on any atom is -0.369 e. The topological polar surface area (TPSA) is 37.8 Å². The number of nitrogens with zero attached hydrogens (tertiary/aromatic N) is 2. The molecular formula is C12H9Cl2N3S2. The van der Waals surface area contributed by atoms with Crippen LogP contribution in [0.15, 0.2) is 23.6 Å². The molecule has 0 spiro atoms. The second-order valence-corrected chi connectivity index (χ2v) is 6.90. The Morgan fingerprint density at radius 1 is 1.16 bits per heavy atom. The molecule has 0 radical (unpaired) electrons. The predicted octanol–water partition coefficient (Wildman–Crippen LogP) is 4.71. The van der Waals surface area contributed by atoms with Crippen molar-refractivity contribution in [2.45, 2.75) is 6.42 Å². The van der Waals surface area contributed by atoms with E-state index in [1.54, 1.807) is 22.7 Å². The van der Waals surface area contributed by atoms with Gasteiger partial charge in [-0.3, -0.25) is 0 Å². The molecule has 3 nitrogen and oxygen atoms in total. The lowest BCUT2D eigenvalue weighted by atomic mass is 10.3. The van der Waals surface area contributed by atoms with Gasteiger partial charge >= 0.3 is 0 Å². The van der Waals surface area contributed by atoms with E-state index in [0.717, 1.165) is 33.3 Å². The highest BCUT2D eigenvalue weighted by Crippen LogP contribution is 2.26. The van der Waals surface area contributed by atoms with Crippen LogP contribution in [0, 0.1) is 0 Å². The van der Waals surface area contributed by atoms with Crippen molar-refractivity contribution in [2.75, 3.05) is 11.9 Å². The number of anilines is 1. The van der Waals surface area contributed by atoms with Crippen LogP contribution < -0.4 is 5.32 Å². The van der Waals surface area contributed by atoms with Crippen LogP contribution in [-0.4, -0.2) is 16.5 Å². The van der Waals surface area contributed by atoms with Crippen molar-refractivity contribution in [1.29, 1.82) is 0 Å². The molecule has 3 aromatic rings. The van der Waals surface area contributed by atoms with Crippen LogP contribution in [0.1, 0.15) is 4.88 Å². The minimum absolute atomic E-state index is 0.275. The van der Waals surface area contributed by atoms with E-state index in [4.69, 9.17) is 23.2 Å². The molecule has 0 aliphatic carbocycles. The highest BCUT2D eigenvalue weighted by atomic mass is 35.5. The third-order valence-corrected chi connectivity index (χ3v) is 4.86. The molecule has 0 atom stereocenters.